The number of carboxylic acid groups (broad SMARTS) is 1. The maximum absolute atomic E-state index is 13.8. The van der Waals surface area contributed by atoms with Crippen LogP contribution < -0.4 is 11.5 Å². The Morgan fingerprint density at radius 1 is 1.12 bits per heavy atom. The molecular formula is C25H31N3O5S. The number of nitrogens with zero attached hydrogens (tertiary/aromatic N) is 1. The van der Waals surface area contributed by atoms with Crippen LogP contribution in [0.1, 0.15) is 36.0 Å². The first-order valence-corrected chi connectivity index (χ1v) is 13.1. The zero-order valence-electron chi connectivity index (χ0n) is 19.0. The van der Waals surface area contributed by atoms with Crippen LogP contribution in [-0.4, -0.2) is 54.8 Å². The zero-order valence-corrected chi connectivity index (χ0v) is 19.8. The van der Waals surface area contributed by atoms with Gasteiger partial charge in [-0.1, -0.05) is 36.4 Å². The number of hydrogen-bond donors (Lipinski definition) is 3. The molecule has 2 aliphatic rings. The van der Waals surface area contributed by atoms with Gasteiger partial charge in [-0.15, -0.1) is 0 Å². The SMILES string of the molecule is NC[C@]1(CC(=O)O)C[C@H](S(=O)(=O)c2ccc3c(c2)CC(N)C3)N(CCCc2ccccc2)C1=O. The average Bonchev–Trinajstić information content (AvgIpc) is 3.31. The van der Waals surface area contributed by atoms with Gasteiger partial charge in [0.2, 0.25) is 5.91 Å². The number of nitrogens with two attached hydrogens (primary N) is 2. The summed E-state index contributed by atoms with van der Waals surface area (Å²) in [5.41, 5.74) is 13.5. The molecule has 0 radical (unpaired) electrons. The number of rotatable bonds is 9. The predicted octanol–water partition coefficient (Wildman–Crippen LogP) is 1.50. The summed E-state index contributed by atoms with van der Waals surface area (Å²) in [5, 5.41) is 8.29. The highest BCUT2D eigenvalue weighted by atomic mass is 32.2. The second-order valence-corrected chi connectivity index (χ2v) is 11.6. The van der Waals surface area contributed by atoms with Gasteiger partial charge >= 0.3 is 5.97 Å². The van der Waals surface area contributed by atoms with Crippen LogP contribution in [0.4, 0.5) is 0 Å². The van der Waals surface area contributed by atoms with Crippen molar-refractivity contribution in [1.82, 2.24) is 4.90 Å². The lowest BCUT2D eigenvalue weighted by Gasteiger charge is -2.26. The number of hydrogen-bond acceptors (Lipinski definition) is 6. The van der Waals surface area contributed by atoms with E-state index in [4.69, 9.17) is 11.5 Å². The fourth-order valence-electron chi connectivity index (χ4n) is 5.23. The lowest BCUT2D eigenvalue weighted by atomic mass is 9.83. The van der Waals surface area contributed by atoms with E-state index in [2.05, 4.69) is 0 Å². The van der Waals surface area contributed by atoms with Gasteiger partial charge in [0.15, 0.2) is 9.84 Å². The van der Waals surface area contributed by atoms with Gasteiger partial charge in [-0.2, -0.15) is 0 Å². The van der Waals surface area contributed by atoms with Gasteiger partial charge in [0.25, 0.3) is 0 Å². The van der Waals surface area contributed by atoms with Crippen molar-refractivity contribution in [2.75, 3.05) is 13.1 Å². The molecule has 5 N–H and O–H groups in total. The molecular weight excluding hydrogens is 454 g/mol. The summed E-state index contributed by atoms with van der Waals surface area (Å²) in [7, 11) is -3.96. The second-order valence-electron chi connectivity index (χ2n) is 9.45. The molecule has 1 aliphatic heterocycles. The Labute approximate surface area is 199 Å². The smallest absolute Gasteiger partial charge is 0.304 e. The van der Waals surface area contributed by atoms with Crippen molar-refractivity contribution < 1.29 is 23.1 Å². The van der Waals surface area contributed by atoms with E-state index in [1.807, 2.05) is 30.3 Å². The number of aryl methyl sites for hydroxylation is 1. The van der Waals surface area contributed by atoms with Gasteiger partial charge < -0.3 is 21.5 Å². The Morgan fingerprint density at radius 3 is 2.50 bits per heavy atom. The van der Waals surface area contributed by atoms with E-state index in [1.165, 1.54) is 4.90 Å². The monoisotopic (exact) mass is 485 g/mol. The minimum atomic E-state index is -3.96. The minimum absolute atomic E-state index is 0.0315. The molecule has 2 aromatic carbocycles. The molecule has 4 rings (SSSR count). The number of carboxylic acids is 1. The predicted molar refractivity (Wildman–Crippen MR) is 128 cm³/mol. The van der Waals surface area contributed by atoms with E-state index in [9.17, 15) is 23.1 Å². The van der Waals surface area contributed by atoms with Gasteiger partial charge in [0.1, 0.15) is 5.37 Å². The molecule has 0 saturated carbocycles. The minimum Gasteiger partial charge on any atom is -0.481 e. The summed E-state index contributed by atoms with van der Waals surface area (Å²) < 4.78 is 27.6. The number of aliphatic carboxylic acids is 1. The standard InChI is InChI=1S/C25H31N3O5S/c26-16-25(15-23(29)30)14-22(28(24(25)31)10-4-7-17-5-2-1-3-6-17)34(32,33)21-9-8-18-11-20(27)12-19(18)13-21/h1-3,5-6,8-9,13,20,22H,4,7,10-12,14-16,26-27H2,(H,29,30)/t20?,22-,25+/m0/s1. The third-order valence-electron chi connectivity index (χ3n) is 7.04. The van der Waals surface area contributed by atoms with E-state index < -0.39 is 38.9 Å². The van der Waals surface area contributed by atoms with E-state index in [0.717, 1.165) is 16.7 Å². The first-order chi connectivity index (χ1) is 16.2. The third kappa shape index (κ3) is 4.60. The Hall–Kier alpha value is -2.75. The van der Waals surface area contributed by atoms with Gasteiger partial charge in [-0.3, -0.25) is 9.59 Å². The summed E-state index contributed by atoms with van der Waals surface area (Å²) in [6, 6.07) is 14.7. The van der Waals surface area contributed by atoms with Gasteiger partial charge in [0.05, 0.1) is 16.7 Å². The molecule has 34 heavy (non-hydrogen) atoms. The zero-order chi connectivity index (χ0) is 24.5. The topological polar surface area (TPSA) is 144 Å². The highest BCUT2D eigenvalue weighted by molar-refractivity contribution is 7.92. The number of likely N-dealkylation sites (tertiary alicyclic amines) is 1. The van der Waals surface area contributed by atoms with Crippen molar-refractivity contribution in [3.05, 3.63) is 65.2 Å². The second kappa shape index (κ2) is 9.48. The molecule has 1 aliphatic carbocycles. The van der Waals surface area contributed by atoms with Crippen molar-refractivity contribution in [2.24, 2.45) is 16.9 Å². The number of carbonyl (C=O) groups excluding carboxylic acids is 1. The Kier molecular flexibility index (Phi) is 6.80. The molecule has 182 valence electrons. The van der Waals surface area contributed by atoms with E-state index in [1.54, 1.807) is 18.2 Å². The fraction of sp³-hybridized carbons (Fsp3) is 0.440. The molecule has 0 aromatic heterocycles. The first kappa shape index (κ1) is 24.4. The molecule has 1 fully saturated rings. The highest BCUT2D eigenvalue weighted by Crippen LogP contribution is 2.42. The lowest BCUT2D eigenvalue weighted by molar-refractivity contribution is -0.146. The summed E-state index contributed by atoms with van der Waals surface area (Å²) in [6.07, 6.45) is 1.89. The molecule has 2 aromatic rings. The molecule has 1 unspecified atom stereocenters. The van der Waals surface area contributed by atoms with Crippen LogP contribution in [0.5, 0.6) is 0 Å². The normalized spacial score (nSPS) is 24.4. The van der Waals surface area contributed by atoms with Crippen molar-refractivity contribution in [1.29, 1.82) is 0 Å². The van der Waals surface area contributed by atoms with Gasteiger partial charge in [0, 0.05) is 19.1 Å². The molecule has 8 nitrogen and oxygen atoms in total. The van der Waals surface area contributed by atoms with Crippen LogP contribution in [0.3, 0.4) is 0 Å². The van der Waals surface area contributed by atoms with Crippen LogP contribution in [0.15, 0.2) is 53.4 Å². The van der Waals surface area contributed by atoms with Crippen LogP contribution in [0, 0.1) is 5.41 Å². The van der Waals surface area contributed by atoms with Crippen molar-refractivity contribution >= 4 is 21.7 Å². The Morgan fingerprint density at radius 2 is 1.82 bits per heavy atom. The van der Waals surface area contributed by atoms with E-state index >= 15 is 0 Å². The first-order valence-electron chi connectivity index (χ1n) is 11.5. The summed E-state index contributed by atoms with van der Waals surface area (Å²) >= 11 is 0. The quantitative estimate of drug-likeness (QED) is 0.488. The number of amides is 1. The average molecular weight is 486 g/mol. The largest absolute Gasteiger partial charge is 0.481 e. The van der Waals surface area contributed by atoms with Crippen LogP contribution in [0.25, 0.3) is 0 Å². The number of fused-ring (bicyclic) bond motifs is 1. The van der Waals surface area contributed by atoms with Crippen molar-refractivity contribution in [2.45, 2.75) is 54.8 Å². The number of carbonyl (C=O) groups is 2. The van der Waals surface area contributed by atoms with Crippen molar-refractivity contribution in [3.63, 3.8) is 0 Å². The Bertz CT molecular complexity index is 1180. The molecule has 3 atom stereocenters. The van der Waals surface area contributed by atoms with Crippen LogP contribution >= 0.6 is 0 Å². The third-order valence-corrected chi connectivity index (χ3v) is 9.09. The van der Waals surface area contributed by atoms with Gasteiger partial charge in [-0.05, 0) is 60.9 Å². The van der Waals surface area contributed by atoms with E-state index in [-0.39, 0.29) is 30.4 Å². The number of benzene rings is 2. The maximum atomic E-state index is 13.8. The molecule has 0 bridgehead atoms. The van der Waals surface area contributed by atoms with E-state index in [0.29, 0.717) is 25.7 Å². The molecule has 1 saturated heterocycles. The van der Waals surface area contributed by atoms with Crippen LogP contribution in [-0.2, 0) is 38.7 Å². The maximum Gasteiger partial charge on any atom is 0.304 e. The summed E-state index contributed by atoms with van der Waals surface area (Å²) in [4.78, 5) is 26.5. The summed E-state index contributed by atoms with van der Waals surface area (Å²) in [6.45, 7) is -0.0206. The van der Waals surface area contributed by atoms with Crippen molar-refractivity contribution in [3.8, 4) is 0 Å². The molecule has 1 amide bonds. The van der Waals surface area contributed by atoms with Crippen LogP contribution in [0.2, 0.25) is 0 Å². The molecule has 1 heterocycles. The van der Waals surface area contributed by atoms with Gasteiger partial charge in [-0.25, -0.2) is 8.42 Å². The highest BCUT2D eigenvalue weighted by Gasteiger charge is 2.56. The molecule has 9 heteroatoms. The molecule has 0 spiro atoms. The lowest BCUT2D eigenvalue weighted by Crippen LogP contribution is -2.43. The summed E-state index contributed by atoms with van der Waals surface area (Å²) in [5.74, 6) is -1.67. The fourth-order valence-corrected chi connectivity index (χ4v) is 7.18. The number of sulfone groups is 1. The Balaban J connectivity index is 1.64.